The van der Waals surface area contributed by atoms with Crippen LogP contribution in [0.25, 0.3) is 0 Å². The number of esters is 1. The maximum Gasteiger partial charge on any atom is 0.408 e. The number of alkyl carbamates (subject to hydrolysis) is 1. The van der Waals surface area contributed by atoms with E-state index in [0.29, 0.717) is 5.56 Å². The van der Waals surface area contributed by atoms with Gasteiger partial charge in [-0.2, -0.15) is 0 Å². The molecule has 0 heterocycles. The Labute approximate surface area is 146 Å². The first-order valence-corrected chi connectivity index (χ1v) is 7.70. The quantitative estimate of drug-likeness (QED) is 0.694. The molecule has 0 aliphatic carbocycles. The molecule has 2 atom stereocenters. The van der Waals surface area contributed by atoms with Crippen molar-refractivity contribution in [3.63, 3.8) is 0 Å². The number of rotatable bonds is 5. The highest BCUT2D eigenvalue weighted by atomic mass is 16.6. The van der Waals surface area contributed by atoms with Crippen molar-refractivity contribution in [2.24, 2.45) is 0 Å². The van der Waals surface area contributed by atoms with Crippen LogP contribution in [0.5, 0.6) is 5.75 Å². The van der Waals surface area contributed by atoms with Crippen molar-refractivity contribution in [2.75, 3.05) is 7.11 Å². The van der Waals surface area contributed by atoms with E-state index in [1.807, 2.05) is 0 Å². The van der Waals surface area contributed by atoms with Crippen molar-refractivity contribution >= 4 is 18.0 Å². The average molecular weight is 352 g/mol. The lowest BCUT2D eigenvalue weighted by molar-refractivity contribution is -0.144. The molecule has 2 amide bonds. The van der Waals surface area contributed by atoms with Gasteiger partial charge in [-0.25, -0.2) is 9.59 Å². The summed E-state index contributed by atoms with van der Waals surface area (Å²) in [5, 5.41) is 14.3. The molecule has 3 N–H and O–H groups in total. The fraction of sp³-hybridized carbons (Fsp3) is 0.471. The SMILES string of the molecule is COC(=O)C(C)NC(=O)C(NC(=O)OC(C)(C)C)c1ccc(O)cc1. The molecular weight excluding hydrogens is 328 g/mol. The second kappa shape index (κ2) is 8.36. The number of carbonyl (C=O) groups is 3. The third-order valence-corrected chi connectivity index (χ3v) is 3.06. The van der Waals surface area contributed by atoms with Gasteiger partial charge in [-0.15, -0.1) is 0 Å². The predicted octanol–water partition coefficient (Wildman–Crippen LogP) is 1.64. The van der Waals surface area contributed by atoms with E-state index >= 15 is 0 Å². The second-order valence-corrected chi connectivity index (χ2v) is 6.42. The minimum absolute atomic E-state index is 0.0168. The summed E-state index contributed by atoms with van der Waals surface area (Å²) in [6.07, 6.45) is -0.786. The molecule has 0 fully saturated rings. The molecule has 25 heavy (non-hydrogen) atoms. The van der Waals surface area contributed by atoms with Gasteiger partial charge in [-0.05, 0) is 45.4 Å². The van der Waals surface area contributed by atoms with E-state index < -0.39 is 35.7 Å². The molecule has 0 spiro atoms. The lowest BCUT2D eigenvalue weighted by atomic mass is 10.1. The Balaban J connectivity index is 2.98. The average Bonchev–Trinajstić information content (AvgIpc) is 2.50. The van der Waals surface area contributed by atoms with Gasteiger partial charge >= 0.3 is 12.1 Å². The largest absolute Gasteiger partial charge is 0.508 e. The summed E-state index contributed by atoms with van der Waals surface area (Å²) in [5.41, 5.74) is -0.322. The van der Waals surface area contributed by atoms with Crippen LogP contribution in [0.4, 0.5) is 4.79 Å². The minimum atomic E-state index is -1.11. The van der Waals surface area contributed by atoms with Gasteiger partial charge in [-0.3, -0.25) is 4.79 Å². The van der Waals surface area contributed by atoms with Crippen LogP contribution in [0.15, 0.2) is 24.3 Å². The molecular formula is C17H24N2O6. The molecule has 8 nitrogen and oxygen atoms in total. The van der Waals surface area contributed by atoms with Crippen LogP contribution < -0.4 is 10.6 Å². The van der Waals surface area contributed by atoms with E-state index in [2.05, 4.69) is 15.4 Å². The van der Waals surface area contributed by atoms with Crippen LogP contribution in [-0.2, 0) is 19.1 Å². The highest BCUT2D eigenvalue weighted by Crippen LogP contribution is 2.18. The van der Waals surface area contributed by atoms with Crippen molar-refractivity contribution in [3.8, 4) is 5.75 Å². The molecule has 8 heteroatoms. The number of hydrogen-bond donors (Lipinski definition) is 3. The number of methoxy groups -OCH3 is 1. The van der Waals surface area contributed by atoms with Crippen molar-refractivity contribution in [2.45, 2.75) is 45.4 Å². The van der Waals surface area contributed by atoms with E-state index in [-0.39, 0.29) is 5.75 Å². The number of amides is 2. The predicted molar refractivity (Wildman–Crippen MR) is 89.8 cm³/mol. The van der Waals surface area contributed by atoms with Crippen molar-refractivity contribution in [3.05, 3.63) is 29.8 Å². The van der Waals surface area contributed by atoms with Crippen LogP contribution in [0, 0.1) is 0 Å². The topological polar surface area (TPSA) is 114 Å². The second-order valence-electron chi connectivity index (χ2n) is 6.42. The van der Waals surface area contributed by atoms with Crippen LogP contribution in [0.3, 0.4) is 0 Å². The van der Waals surface area contributed by atoms with Gasteiger partial charge in [0.2, 0.25) is 5.91 Å². The maximum atomic E-state index is 12.5. The fourth-order valence-corrected chi connectivity index (χ4v) is 1.92. The number of carbonyl (C=O) groups excluding carboxylic acids is 3. The molecule has 0 radical (unpaired) electrons. The number of aromatic hydroxyl groups is 1. The normalized spacial score (nSPS) is 13.3. The van der Waals surface area contributed by atoms with Gasteiger partial charge in [0.1, 0.15) is 23.4 Å². The third-order valence-electron chi connectivity index (χ3n) is 3.06. The lowest BCUT2D eigenvalue weighted by Gasteiger charge is -2.24. The summed E-state index contributed by atoms with van der Waals surface area (Å²) in [6, 6.07) is 3.74. The van der Waals surface area contributed by atoms with Crippen molar-refractivity contribution in [1.29, 1.82) is 0 Å². The molecule has 0 saturated heterocycles. The first-order valence-electron chi connectivity index (χ1n) is 7.70. The molecule has 138 valence electrons. The van der Waals surface area contributed by atoms with Gasteiger partial charge in [0, 0.05) is 0 Å². The zero-order valence-corrected chi connectivity index (χ0v) is 15.0. The molecule has 0 aliphatic heterocycles. The van der Waals surface area contributed by atoms with Gasteiger partial charge < -0.3 is 25.2 Å². The van der Waals surface area contributed by atoms with Crippen LogP contribution in [0.2, 0.25) is 0 Å². The van der Waals surface area contributed by atoms with Gasteiger partial charge in [0.15, 0.2) is 0 Å². The first-order chi connectivity index (χ1) is 11.5. The van der Waals surface area contributed by atoms with Crippen molar-refractivity contribution < 1.29 is 29.0 Å². The monoisotopic (exact) mass is 352 g/mol. The van der Waals surface area contributed by atoms with E-state index in [9.17, 15) is 19.5 Å². The Morgan fingerprint density at radius 3 is 2.12 bits per heavy atom. The standard InChI is InChI=1S/C17H24N2O6/c1-10(15(22)24-5)18-14(21)13(11-6-8-12(20)9-7-11)19-16(23)25-17(2,3)4/h6-10,13,20H,1-5H3,(H,18,21)(H,19,23). The molecule has 0 saturated carbocycles. The molecule has 1 aromatic carbocycles. The van der Waals surface area contributed by atoms with Gasteiger partial charge in [0.05, 0.1) is 7.11 Å². The Hall–Kier alpha value is -2.77. The number of phenolic OH excluding ortho intramolecular Hbond substituents is 1. The van der Waals surface area contributed by atoms with E-state index in [1.165, 1.54) is 38.3 Å². The highest BCUT2D eigenvalue weighted by Gasteiger charge is 2.28. The number of nitrogens with one attached hydrogen (secondary N) is 2. The molecule has 0 bridgehead atoms. The highest BCUT2D eigenvalue weighted by molar-refractivity contribution is 5.90. The molecule has 1 rings (SSSR count). The number of phenols is 1. The van der Waals surface area contributed by atoms with Gasteiger partial charge in [-0.1, -0.05) is 12.1 Å². The summed E-state index contributed by atoms with van der Waals surface area (Å²) in [5.74, 6) is -1.22. The Bertz CT molecular complexity index is 621. The summed E-state index contributed by atoms with van der Waals surface area (Å²) < 4.78 is 9.73. The zero-order valence-electron chi connectivity index (χ0n) is 15.0. The van der Waals surface area contributed by atoms with E-state index in [1.54, 1.807) is 20.8 Å². The minimum Gasteiger partial charge on any atom is -0.508 e. The van der Waals surface area contributed by atoms with E-state index in [0.717, 1.165) is 0 Å². The molecule has 0 aromatic heterocycles. The summed E-state index contributed by atoms with van der Waals surface area (Å²) in [7, 11) is 1.21. The Morgan fingerprint density at radius 2 is 1.64 bits per heavy atom. The number of ether oxygens (including phenoxy) is 2. The molecule has 2 unspecified atom stereocenters. The summed E-state index contributed by atoms with van der Waals surface area (Å²) in [6.45, 7) is 6.55. The fourth-order valence-electron chi connectivity index (χ4n) is 1.92. The summed E-state index contributed by atoms with van der Waals surface area (Å²) in [4.78, 5) is 36.0. The third kappa shape index (κ3) is 6.70. The van der Waals surface area contributed by atoms with Crippen molar-refractivity contribution in [1.82, 2.24) is 10.6 Å². The smallest absolute Gasteiger partial charge is 0.408 e. The number of benzene rings is 1. The Morgan fingerprint density at radius 1 is 1.08 bits per heavy atom. The van der Waals surface area contributed by atoms with Gasteiger partial charge in [0.25, 0.3) is 0 Å². The summed E-state index contributed by atoms with van der Waals surface area (Å²) >= 11 is 0. The van der Waals surface area contributed by atoms with Crippen LogP contribution in [0.1, 0.15) is 39.3 Å². The van der Waals surface area contributed by atoms with Crippen LogP contribution >= 0.6 is 0 Å². The maximum absolute atomic E-state index is 12.5. The van der Waals surface area contributed by atoms with Crippen LogP contribution in [-0.4, -0.2) is 41.8 Å². The van der Waals surface area contributed by atoms with E-state index in [4.69, 9.17) is 4.74 Å². The first kappa shape index (κ1) is 20.3. The zero-order chi connectivity index (χ0) is 19.2. The lowest BCUT2D eigenvalue weighted by Crippen LogP contribution is -2.47. The molecule has 0 aliphatic rings. The number of hydrogen-bond acceptors (Lipinski definition) is 6. The Kier molecular flexibility index (Phi) is 6.78. The molecule has 1 aromatic rings.